The summed E-state index contributed by atoms with van der Waals surface area (Å²) < 4.78 is 29.6. The van der Waals surface area contributed by atoms with Crippen LogP contribution in [0.25, 0.3) is 0 Å². The molecule has 1 aliphatic rings. The van der Waals surface area contributed by atoms with Crippen molar-refractivity contribution < 1.29 is 31.5 Å². The Hall–Kier alpha value is 0.153. The average Bonchev–Trinajstić information content (AvgIpc) is 2.23. The van der Waals surface area contributed by atoms with Gasteiger partial charge in [-0.05, 0) is 38.8 Å². The van der Waals surface area contributed by atoms with E-state index in [1.54, 1.807) is 0 Å². The van der Waals surface area contributed by atoms with Crippen molar-refractivity contribution in [3.8, 4) is 0 Å². The van der Waals surface area contributed by atoms with Gasteiger partial charge in [-0.25, -0.2) is 0 Å². The van der Waals surface area contributed by atoms with Crippen molar-refractivity contribution in [3.63, 3.8) is 0 Å². The molecule has 0 nitrogen and oxygen atoms in total. The van der Waals surface area contributed by atoms with Crippen molar-refractivity contribution in [1.82, 2.24) is 0 Å². The molecule has 4 heteroatoms. The van der Waals surface area contributed by atoms with Crippen molar-refractivity contribution in [2.75, 3.05) is 0 Å². The van der Waals surface area contributed by atoms with E-state index in [1.807, 2.05) is 0 Å². The SMILES string of the molecule is C[C]1C(C)=C(C)C(C)=C1C.[F][Zr]([F])[F]. The molecule has 0 N–H and O–H groups in total. The first-order chi connectivity index (χ1) is 6.29. The Bertz CT molecular complexity index is 240. The Labute approximate surface area is 94.2 Å². The van der Waals surface area contributed by atoms with Crippen molar-refractivity contribution in [1.29, 1.82) is 0 Å². The summed E-state index contributed by atoms with van der Waals surface area (Å²) in [5.74, 6) is 1.47. The van der Waals surface area contributed by atoms with Gasteiger partial charge in [0.15, 0.2) is 0 Å². The van der Waals surface area contributed by atoms with Gasteiger partial charge in [0.05, 0.1) is 0 Å². The molecule has 0 fully saturated rings. The van der Waals surface area contributed by atoms with Gasteiger partial charge in [-0.3, -0.25) is 0 Å². The standard InChI is InChI=1S/C10H15.3FH.Zr/c1-6-7(2)9(4)10(5)8(6)3;;;;/h1-5H3;3*1H;/q;;;;+3/p-3. The molecule has 0 amide bonds. The normalized spacial score (nSPS) is 17.1. The second-order valence-corrected chi connectivity index (χ2v) is 4.39. The Balaban J connectivity index is 0.000000364. The summed E-state index contributed by atoms with van der Waals surface area (Å²) in [6.07, 6.45) is 0. The summed E-state index contributed by atoms with van der Waals surface area (Å²) in [4.78, 5) is 0. The molecule has 0 bridgehead atoms. The first-order valence-electron chi connectivity index (χ1n) is 4.32. The molecule has 0 saturated heterocycles. The number of halogens is 3. The van der Waals surface area contributed by atoms with Gasteiger partial charge in [0.2, 0.25) is 0 Å². The molecule has 0 spiro atoms. The zero-order valence-corrected chi connectivity index (χ0v) is 11.6. The zero-order chi connectivity index (χ0) is 11.5. The van der Waals surface area contributed by atoms with Crippen molar-refractivity contribution in [3.05, 3.63) is 28.2 Å². The van der Waals surface area contributed by atoms with Crippen LogP contribution in [-0.4, -0.2) is 0 Å². The quantitative estimate of drug-likeness (QED) is 0.613. The molecule has 1 aliphatic carbocycles. The first kappa shape index (κ1) is 14.2. The predicted molar refractivity (Wildman–Crippen MR) is 49.0 cm³/mol. The Kier molecular flexibility index (Phi) is 5.96. The van der Waals surface area contributed by atoms with E-state index in [4.69, 9.17) is 0 Å². The van der Waals surface area contributed by atoms with E-state index in [0.717, 1.165) is 0 Å². The molecule has 14 heavy (non-hydrogen) atoms. The molecule has 0 aromatic rings. The molecule has 0 aliphatic heterocycles. The molecule has 1 rings (SSSR count). The van der Waals surface area contributed by atoms with E-state index < -0.39 is 23.6 Å². The fourth-order valence-corrected chi connectivity index (χ4v) is 1.41. The van der Waals surface area contributed by atoms with Gasteiger partial charge in [-0.2, -0.15) is 0 Å². The Morgan fingerprint density at radius 2 is 0.857 bits per heavy atom. The molecular formula is C10H15F3Zr. The van der Waals surface area contributed by atoms with E-state index in [2.05, 4.69) is 34.6 Å². The first-order valence-corrected chi connectivity index (χ1v) is 7.10. The van der Waals surface area contributed by atoms with Crippen molar-refractivity contribution in [2.45, 2.75) is 34.6 Å². The van der Waals surface area contributed by atoms with Gasteiger partial charge in [0.25, 0.3) is 0 Å². The third-order valence-electron chi connectivity index (χ3n) is 2.81. The Morgan fingerprint density at radius 3 is 0.929 bits per heavy atom. The number of allylic oxidation sites excluding steroid dienone is 4. The summed E-state index contributed by atoms with van der Waals surface area (Å²) >= 11 is -5.04. The van der Waals surface area contributed by atoms with Crippen LogP contribution in [0.4, 0.5) is 7.88 Å². The fraction of sp³-hybridized carbons (Fsp3) is 0.500. The topological polar surface area (TPSA) is 0 Å². The van der Waals surface area contributed by atoms with Gasteiger partial charge in [0.1, 0.15) is 0 Å². The number of hydrogen-bond acceptors (Lipinski definition) is 0. The van der Waals surface area contributed by atoms with Crippen LogP contribution in [0.1, 0.15) is 34.6 Å². The molecule has 0 atom stereocenters. The van der Waals surface area contributed by atoms with Crippen LogP contribution in [0.5, 0.6) is 0 Å². The van der Waals surface area contributed by atoms with Crippen LogP contribution in [0.15, 0.2) is 22.3 Å². The van der Waals surface area contributed by atoms with E-state index in [0.29, 0.717) is 0 Å². The van der Waals surface area contributed by atoms with Crippen molar-refractivity contribution in [2.24, 2.45) is 0 Å². The van der Waals surface area contributed by atoms with Crippen LogP contribution < -0.4 is 0 Å². The molecule has 0 aromatic carbocycles. The predicted octanol–water partition coefficient (Wildman–Crippen LogP) is 4.53. The fourth-order valence-electron chi connectivity index (χ4n) is 1.41. The van der Waals surface area contributed by atoms with E-state index in [9.17, 15) is 7.88 Å². The van der Waals surface area contributed by atoms with Crippen molar-refractivity contribution >= 4 is 0 Å². The Morgan fingerprint density at radius 1 is 0.643 bits per heavy atom. The second kappa shape index (κ2) is 5.90. The van der Waals surface area contributed by atoms with Gasteiger partial charge in [-0.15, -0.1) is 0 Å². The maximum absolute atomic E-state index is 9.86. The monoisotopic (exact) mass is 282 g/mol. The van der Waals surface area contributed by atoms with Crippen LogP contribution in [-0.2, 0) is 23.6 Å². The summed E-state index contributed by atoms with van der Waals surface area (Å²) in [7, 11) is 0. The van der Waals surface area contributed by atoms with Gasteiger partial charge < -0.3 is 0 Å². The maximum atomic E-state index is 9.86. The second-order valence-electron chi connectivity index (χ2n) is 3.34. The minimum absolute atomic E-state index is 1.47. The van der Waals surface area contributed by atoms with Crippen LogP contribution in [0.3, 0.4) is 0 Å². The summed E-state index contributed by atoms with van der Waals surface area (Å²) in [5.41, 5.74) is 5.87. The molecule has 0 aromatic heterocycles. The summed E-state index contributed by atoms with van der Waals surface area (Å²) in [5, 5.41) is 0. The van der Waals surface area contributed by atoms with Gasteiger partial charge >= 0.3 is 31.5 Å². The van der Waals surface area contributed by atoms with Gasteiger partial charge in [-0.1, -0.05) is 18.1 Å². The van der Waals surface area contributed by atoms with Crippen LogP contribution >= 0.6 is 0 Å². The third-order valence-corrected chi connectivity index (χ3v) is 2.81. The zero-order valence-electron chi connectivity index (χ0n) is 9.13. The molecular weight excluding hydrogens is 268 g/mol. The average molecular weight is 283 g/mol. The molecule has 1 radical (unpaired) electrons. The van der Waals surface area contributed by atoms with Crippen LogP contribution in [0.2, 0.25) is 0 Å². The van der Waals surface area contributed by atoms with E-state index in [-0.39, 0.29) is 0 Å². The number of hydrogen-bond donors (Lipinski definition) is 0. The molecule has 80 valence electrons. The van der Waals surface area contributed by atoms with E-state index in [1.165, 1.54) is 28.2 Å². The molecule has 0 unspecified atom stereocenters. The molecule has 0 heterocycles. The third kappa shape index (κ3) is 3.72. The summed E-state index contributed by atoms with van der Waals surface area (Å²) in [6, 6.07) is 0. The van der Waals surface area contributed by atoms with Gasteiger partial charge in [0, 0.05) is 5.92 Å². The van der Waals surface area contributed by atoms with E-state index >= 15 is 0 Å². The number of rotatable bonds is 0. The summed E-state index contributed by atoms with van der Waals surface area (Å²) in [6.45, 7) is 11.0. The van der Waals surface area contributed by atoms with Crippen LogP contribution in [0, 0.1) is 5.92 Å². The molecule has 0 saturated carbocycles. The minimum atomic E-state index is -5.04.